The number of likely N-dealkylation sites (tertiary alicyclic amines) is 1. The number of benzene rings is 1. The molecule has 1 amide bonds. The van der Waals surface area contributed by atoms with Crippen LogP contribution in [0.1, 0.15) is 41.8 Å². The van der Waals surface area contributed by atoms with Crippen LogP contribution in [-0.2, 0) is 0 Å². The van der Waals surface area contributed by atoms with E-state index in [1.165, 1.54) is 42.7 Å². The highest BCUT2D eigenvalue weighted by molar-refractivity contribution is 7.21. The number of nitrogens with zero attached hydrogens (tertiary/aromatic N) is 1. The molecule has 21 heavy (non-hydrogen) atoms. The van der Waals surface area contributed by atoms with Gasteiger partial charge in [-0.05, 0) is 31.0 Å². The van der Waals surface area contributed by atoms with Crippen molar-refractivity contribution < 1.29 is 9.18 Å². The van der Waals surface area contributed by atoms with Gasteiger partial charge in [-0.2, -0.15) is 0 Å². The number of nitrogen functional groups attached to an aromatic ring is 1. The third-order valence-corrected chi connectivity index (χ3v) is 5.20. The van der Waals surface area contributed by atoms with Crippen molar-refractivity contribution in [3.05, 3.63) is 28.9 Å². The second kappa shape index (κ2) is 6.02. The molecule has 0 saturated carbocycles. The van der Waals surface area contributed by atoms with Crippen molar-refractivity contribution in [3.63, 3.8) is 0 Å². The van der Waals surface area contributed by atoms with Crippen molar-refractivity contribution in [2.45, 2.75) is 32.1 Å². The van der Waals surface area contributed by atoms with Crippen molar-refractivity contribution in [2.24, 2.45) is 0 Å². The molecule has 1 aromatic heterocycles. The number of thiophene rings is 1. The standard InChI is InChI=1S/C16H19FN2OS/c17-11-6-7-13-12(10-11)14(18)15(21-13)16(20)19-8-4-2-1-3-5-9-19/h6-7,10H,1-5,8-9,18H2. The lowest BCUT2D eigenvalue weighted by Gasteiger charge is -2.24. The van der Waals surface area contributed by atoms with Crippen LogP contribution in [0.4, 0.5) is 10.1 Å². The molecule has 2 aromatic rings. The SMILES string of the molecule is Nc1c(C(=O)N2CCCCCCC2)sc2ccc(F)cc12. The van der Waals surface area contributed by atoms with Crippen molar-refractivity contribution in [2.75, 3.05) is 18.8 Å². The molecule has 3 rings (SSSR count). The number of amides is 1. The van der Waals surface area contributed by atoms with Gasteiger partial charge in [0, 0.05) is 23.2 Å². The smallest absolute Gasteiger partial charge is 0.266 e. The van der Waals surface area contributed by atoms with E-state index in [1.54, 1.807) is 6.07 Å². The molecule has 0 aliphatic carbocycles. The van der Waals surface area contributed by atoms with E-state index in [0.717, 1.165) is 30.6 Å². The molecule has 0 radical (unpaired) electrons. The molecule has 5 heteroatoms. The Kier molecular flexibility index (Phi) is 4.10. The third kappa shape index (κ3) is 2.88. The second-order valence-electron chi connectivity index (χ2n) is 5.55. The fourth-order valence-electron chi connectivity index (χ4n) is 2.84. The molecule has 0 atom stereocenters. The van der Waals surface area contributed by atoms with Gasteiger partial charge in [0.05, 0.1) is 5.69 Å². The van der Waals surface area contributed by atoms with E-state index in [1.807, 2.05) is 4.90 Å². The molecule has 3 nitrogen and oxygen atoms in total. The highest BCUT2D eigenvalue weighted by Crippen LogP contribution is 2.35. The lowest BCUT2D eigenvalue weighted by Crippen LogP contribution is -2.33. The van der Waals surface area contributed by atoms with Crippen molar-refractivity contribution >= 4 is 33.0 Å². The number of carbonyl (C=O) groups is 1. The lowest BCUT2D eigenvalue weighted by molar-refractivity contribution is 0.0748. The molecule has 2 heterocycles. The second-order valence-corrected chi connectivity index (χ2v) is 6.60. The quantitative estimate of drug-likeness (QED) is 0.864. The van der Waals surface area contributed by atoms with Crippen LogP contribution in [0.25, 0.3) is 10.1 Å². The molecule has 1 aliphatic heterocycles. The van der Waals surface area contributed by atoms with Crippen LogP contribution in [0, 0.1) is 5.82 Å². The Morgan fingerprint density at radius 1 is 1.14 bits per heavy atom. The first-order valence-corrected chi connectivity index (χ1v) is 8.25. The van der Waals surface area contributed by atoms with E-state index < -0.39 is 0 Å². The molecular formula is C16H19FN2OS. The summed E-state index contributed by atoms with van der Waals surface area (Å²) >= 11 is 1.36. The number of nitrogens with two attached hydrogens (primary N) is 1. The van der Waals surface area contributed by atoms with Gasteiger partial charge in [0.15, 0.2) is 0 Å². The minimum absolute atomic E-state index is 0.00370. The molecule has 1 fully saturated rings. The topological polar surface area (TPSA) is 46.3 Å². The number of carbonyl (C=O) groups excluding carboxylic acids is 1. The van der Waals surface area contributed by atoms with E-state index in [4.69, 9.17) is 5.73 Å². The van der Waals surface area contributed by atoms with Crippen LogP contribution in [-0.4, -0.2) is 23.9 Å². The summed E-state index contributed by atoms with van der Waals surface area (Å²) in [5, 5.41) is 0.649. The van der Waals surface area contributed by atoms with Gasteiger partial charge in [0.2, 0.25) is 0 Å². The van der Waals surface area contributed by atoms with Gasteiger partial charge in [0.25, 0.3) is 5.91 Å². The zero-order valence-electron chi connectivity index (χ0n) is 11.9. The summed E-state index contributed by atoms with van der Waals surface area (Å²) < 4.78 is 14.2. The van der Waals surface area contributed by atoms with E-state index >= 15 is 0 Å². The van der Waals surface area contributed by atoms with E-state index in [2.05, 4.69) is 0 Å². The number of rotatable bonds is 1. The van der Waals surface area contributed by atoms with Crippen molar-refractivity contribution in [1.29, 1.82) is 0 Å². The van der Waals surface area contributed by atoms with Crippen LogP contribution >= 0.6 is 11.3 Å². The monoisotopic (exact) mass is 306 g/mol. The van der Waals surface area contributed by atoms with Gasteiger partial charge in [0.1, 0.15) is 10.7 Å². The number of hydrogen-bond donors (Lipinski definition) is 1. The zero-order valence-corrected chi connectivity index (χ0v) is 12.7. The van der Waals surface area contributed by atoms with Crippen LogP contribution < -0.4 is 5.73 Å². The minimum atomic E-state index is -0.322. The molecule has 0 spiro atoms. The first kappa shape index (κ1) is 14.3. The molecule has 0 unspecified atom stereocenters. The predicted molar refractivity (Wildman–Crippen MR) is 85.2 cm³/mol. The summed E-state index contributed by atoms with van der Waals surface area (Å²) in [5.74, 6) is -0.326. The summed E-state index contributed by atoms with van der Waals surface area (Å²) in [4.78, 5) is 15.2. The maximum atomic E-state index is 13.3. The van der Waals surface area contributed by atoms with Crippen LogP contribution in [0.15, 0.2) is 18.2 Å². The van der Waals surface area contributed by atoms with Gasteiger partial charge in [-0.15, -0.1) is 11.3 Å². The van der Waals surface area contributed by atoms with E-state index in [9.17, 15) is 9.18 Å². The van der Waals surface area contributed by atoms with Crippen LogP contribution in [0.2, 0.25) is 0 Å². The number of anilines is 1. The molecule has 2 N–H and O–H groups in total. The van der Waals surface area contributed by atoms with Gasteiger partial charge in [-0.1, -0.05) is 19.3 Å². The summed E-state index contributed by atoms with van der Waals surface area (Å²) in [6, 6.07) is 4.50. The highest BCUT2D eigenvalue weighted by Gasteiger charge is 2.22. The average Bonchev–Trinajstić information content (AvgIpc) is 2.75. The normalized spacial score (nSPS) is 16.7. The van der Waals surface area contributed by atoms with Gasteiger partial charge in [-0.25, -0.2) is 4.39 Å². The van der Waals surface area contributed by atoms with E-state index in [-0.39, 0.29) is 11.7 Å². The molecule has 112 valence electrons. The Balaban J connectivity index is 1.91. The number of halogens is 1. The van der Waals surface area contributed by atoms with Gasteiger partial charge in [-0.3, -0.25) is 4.79 Å². The maximum Gasteiger partial charge on any atom is 0.266 e. The summed E-state index contributed by atoms with van der Waals surface area (Å²) in [6.45, 7) is 1.59. The fourth-order valence-corrected chi connectivity index (χ4v) is 3.91. The average molecular weight is 306 g/mol. The Bertz CT molecular complexity index is 660. The number of hydrogen-bond acceptors (Lipinski definition) is 3. The van der Waals surface area contributed by atoms with Gasteiger partial charge >= 0.3 is 0 Å². The number of fused-ring (bicyclic) bond motifs is 1. The fraction of sp³-hybridized carbons (Fsp3) is 0.438. The summed E-state index contributed by atoms with van der Waals surface area (Å²) in [7, 11) is 0. The lowest BCUT2D eigenvalue weighted by atomic mass is 10.1. The summed E-state index contributed by atoms with van der Waals surface area (Å²) in [6.07, 6.45) is 5.70. The van der Waals surface area contributed by atoms with Crippen molar-refractivity contribution in [1.82, 2.24) is 4.90 Å². The molecule has 1 aliphatic rings. The largest absolute Gasteiger partial charge is 0.397 e. The first-order chi connectivity index (χ1) is 10.2. The summed E-state index contributed by atoms with van der Waals surface area (Å²) in [5.41, 5.74) is 6.50. The van der Waals surface area contributed by atoms with Crippen molar-refractivity contribution in [3.8, 4) is 0 Å². The Morgan fingerprint density at radius 3 is 2.52 bits per heavy atom. The molecular weight excluding hydrogens is 287 g/mol. The van der Waals surface area contributed by atoms with Gasteiger partial charge < -0.3 is 10.6 Å². The maximum absolute atomic E-state index is 13.3. The van der Waals surface area contributed by atoms with Crippen LogP contribution in [0.5, 0.6) is 0 Å². The first-order valence-electron chi connectivity index (χ1n) is 7.43. The minimum Gasteiger partial charge on any atom is -0.397 e. The Hall–Kier alpha value is -1.62. The van der Waals surface area contributed by atoms with E-state index in [0.29, 0.717) is 16.0 Å². The Morgan fingerprint density at radius 2 is 1.81 bits per heavy atom. The molecule has 1 aromatic carbocycles. The molecule has 0 bridgehead atoms. The third-order valence-electron chi connectivity index (χ3n) is 4.03. The van der Waals surface area contributed by atoms with Crippen LogP contribution in [0.3, 0.4) is 0 Å². The molecule has 1 saturated heterocycles. The predicted octanol–water partition coefficient (Wildman–Crippen LogP) is 4.03. The highest BCUT2D eigenvalue weighted by atomic mass is 32.1. The Labute approximate surface area is 127 Å². The zero-order chi connectivity index (χ0) is 14.8.